The number of fused-ring (bicyclic) bond motifs is 1. The zero-order valence-corrected chi connectivity index (χ0v) is 18.1. The van der Waals surface area contributed by atoms with Gasteiger partial charge in [-0.15, -0.1) is 0 Å². The summed E-state index contributed by atoms with van der Waals surface area (Å²) in [5, 5.41) is 0. The van der Waals surface area contributed by atoms with E-state index < -0.39 is 6.04 Å². The SMILES string of the molecule is Cc1cc(F)ccc1OCC(=O)c1ccc2c(c1)N(C(C)C(=O)N1CCCC1)C(=O)CO2. The molecule has 0 spiro atoms. The molecule has 2 aliphatic rings. The quantitative estimate of drug-likeness (QED) is 0.645. The fraction of sp³-hybridized carbons (Fsp3) is 0.375. The molecule has 2 aromatic carbocycles. The molecule has 0 N–H and O–H groups in total. The van der Waals surface area contributed by atoms with Crippen LogP contribution in [-0.4, -0.2) is 54.8 Å². The Balaban J connectivity index is 1.54. The summed E-state index contributed by atoms with van der Waals surface area (Å²) in [7, 11) is 0. The third-order valence-electron chi connectivity index (χ3n) is 5.82. The Morgan fingerprint density at radius 3 is 2.62 bits per heavy atom. The second-order valence-corrected chi connectivity index (χ2v) is 8.06. The lowest BCUT2D eigenvalue weighted by molar-refractivity contribution is -0.133. The number of halogens is 1. The number of amides is 2. The molecule has 0 saturated carbocycles. The van der Waals surface area contributed by atoms with Crippen LogP contribution in [0.3, 0.4) is 0 Å². The molecule has 8 heteroatoms. The van der Waals surface area contributed by atoms with Crippen molar-refractivity contribution in [1.29, 1.82) is 0 Å². The summed E-state index contributed by atoms with van der Waals surface area (Å²) in [5.74, 6) is -0.276. The summed E-state index contributed by atoms with van der Waals surface area (Å²) in [4.78, 5) is 41.5. The lowest BCUT2D eigenvalue weighted by Crippen LogP contribution is -2.52. The Labute approximate surface area is 185 Å². The maximum atomic E-state index is 13.3. The van der Waals surface area contributed by atoms with Crippen molar-refractivity contribution in [3.63, 3.8) is 0 Å². The van der Waals surface area contributed by atoms with Crippen molar-refractivity contribution in [3.05, 3.63) is 53.3 Å². The molecule has 1 atom stereocenters. The Morgan fingerprint density at radius 2 is 1.91 bits per heavy atom. The van der Waals surface area contributed by atoms with Gasteiger partial charge in [0.15, 0.2) is 19.0 Å². The number of hydrogen-bond donors (Lipinski definition) is 0. The molecular weight excluding hydrogens is 415 g/mol. The normalized spacial score (nSPS) is 16.4. The average molecular weight is 440 g/mol. The van der Waals surface area contributed by atoms with E-state index in [1.807, 2.05) is 0 Å². The number of aryl methyl sites for hydroxylation is 1. The zero-order valence-electron chi connectivity index (χ0n) is 18.1. The fourth-order valence-electron chi connectivity index (χ4n) is 4.08. The first-order valence-electron chi connectivity index (χ1n) is 10.6. The van der Waals surface area contributed by atoms with E-state index in [-0.39, 0.29) is 36.6 Å². The van der Waals surface area contributed by atoms with Crippen LogP contribution in [0, 0.1) is 12.7 Å². The molecule has 0 aliphatic carbocycles. The Kier molecular flexibility index (Phi) is 6.12. The molecule has 2 aliphatic heterocycles. The predicted octanol–water partition coefficient (Wildman–Crippen LogP) is 3.13. The van der Waals surface area contributed by atoms with Crippen LogP contribution < -0.4 is 14.4 Å². The molecule has 0 bridgehead atoms. The fourth-order valence-corrected chi connectivity index (χ4v) is 4.08. The first-order valence-corrected chi connectivity index (χ1v) is 10.6. The van der Waals surface area contributed by atoms with Gasteiger partial charge in [-0.3, -0.25) is 19.3 Å². The van der Waals surface area contributed by atoms with Gasteiger partial charge in [0, 0.05) is 18.7 Å². The van der Waals surface area contributed by atoms with Gasteiger partial charge < -0.3 is 14.4 Å². The summed E-state index contributed by atoms with van der Waals surface area (Å²) >= 11 is 0. The van der Waals surface area contributed by atoms with Gasteiger partial charge in [0.25, 0.3) is 5.91 Å². The highest BCUT2D eigenvalue weighted by molar-refractivity contribution is 6.05. The summed E-state index contributed by atoms with van der Waals surface area (Å²) in [6, 6.07) is 8.16. The van der Waals surface area contributed by atoms with Crippen molar-refractivity contribution < 1.29 is 28.2 Å². The summed E-state index contributed by atoms with van der Waals surface area (Å²) in [5.41, 5.74) is 1.31. The number of carbonyl (C=O) groups excluding carboxylic acids is 3. The number of rotatable bonds is 6. The van der Waals surface area contributed by atoms with Gasteiger partial charge in [0.2, 0.25) is 5.91 Å². The van der Waals surface area contributed by atoms with Crippen LogP contribution in [0.1, 0.15) is 35.7 Å². The first kappa shape index (κ1) is 21.8. The van der Waals surface area contributed by atoms with Gasteiger partial charge in [0.1, 0.15) is 23.4 Å². The molecule has 1 fully saturated rings. The predicted molar refractivity (Wildman–Crippen MR) is 116 cm³/mol. The molecule has 7 nitrogen and oxygen atoms in total. The minimum atomic E-state index is -0.702. The average Bonchev–Trinajstić information content (AvgIpc) is 3.32. The number of ether oxygens (including phenoxy) is 2. The van der Waals surface area contributed by atoms with Gasteiger partial charge >= 0.3 is 0 Å². The second-order valence-electron chi connectivity index (χ2n) is 8.06. The summed E-state index contributed by atoms with van der Waals surface area (Å²) in [6.45, 7) is 4.36. The largest absolute Gasteiger partial charge is 0.485 e. The molecule has 1 unspecified atom stereocenters. The Hall–Kier alpha value is -3.42. The third kappa shape index (κ3) is 4.30. The minimum Gasteiger partial charge on any atom is -0.485 e. The lowest BCUT2D eigenvalue weighted by Gasteiger charge is -2.35. The first-order chi connectivity index (χ1) is 15.3. The highest BCUT2D eigenvalue weighted by atomic mass is 19.1. The van der Waals surface area contributed by atoms with E-state index in [0.29, 0.717) is 41.4 Å². The van der Waals surface area contributed by atoms with Crippen LogP contribution in [-0.2, 0) is 9.59 Å². The maximum Gasteiger partial charge on any atom is 0.265 e. The van der Waals surface area contributed by atoms with Crippen LogP contribution in [0.2, 0.25) is 0 Å². The molecule has 4 rings (SSSR count). The number of anilines is 1. The van der Waals surface area contributed by atoms with E-state index in [1.165, 1.54) is 23.1 Å². The number of likely N-dealkylation sites (tertiary alicyclic amines) is 1. The van der Waals surface area contributed by atoms with Crippen LogP contribution in [0.4, 0.5) is 10.1 Å². The van der Waals surface area contributed by atoms with Crippen molar-refractivity contribution in [2.45, 2.75) is 32.7 Å². The molecule has 1 saturated heterocycles. The van der Waals surface area contributed by atoms with E-state index in [0.717, 1.165) is 12.8 Å². The number of carbonyl (C=O) groups is 3. The maximum absolute atomic E-state index is 13.3. The second kappa shape index (κ2) is 8.98. The number of benzene rings is 2. The third-order valence-corrected chi connectivity index (χ3v) is 5.82. The Bertz CT molecular complexity index is 1060. The van der Waals surface area contributed by atoms with E-state index in [1.54, 1.807) is 36.9 Å². The molecule has 32 heavy (non-hydrogen) atoms. The number of ketones is 1. The van der Waals surface area contributed by atoms with Gasteiger partial charge in [-0.05, 0) is 68.7 Å². The molecule has 0 aromatic heterocycles. The summed E-state index contributed by atoms with van der Waals surface area (Å²) in [6.07, 6.45) is 1.91. The van der Waals surface area contributed by atoms with Crippen LogP contribution >= 0.6 is 0 Å². The van der Waals surface area contributed by atoms with Crippen molar-refractivity contribution in [1.82, 2.24) is 4.90 Å². The zero-order chi connectivity index (χ0) is 22.8. The van der Waals surface area contributed by atoms with Crippen LogP contribution in [0.5, 0.6) is 11.5 Å². The van der Waals surface area contributed by atoms with Crippen LogP contribution in [0.15, 0.2) is 36.4 Å². The molecular formula is C24H25FN2O5. The van der Waals surface area contributed by atoms with Gasteiger partial charge in [-0.1, -0.05) is 0 Å². The van der Waals surface area contributed by atoms with Gasteiger partial charge in [-0.25, -0.2) is 4.39 Å². The molecule has 168 valence electrons. The highest BCUT2D eigenvalue weighted by Gasteiger charge is 2.36. The number of nitrogens with zero attached hydrogens (tertiary/aromatic N) is 2. The topological polar surface area (TPSA) is 76.2 Å². The van der Waals surface area contributed by atoms with Crippen molar-refractivity contribution >= 4 is 23.3 Å². The van der Waals surface area contributed by atoms with E-state index >= 15 is 0 Å². The summed E-state index contributed by atoms with van der Waals surface area (Å²) < 4.78 is 24.3. The highest BCUT2D eigenvalue weighted by Crippen LogP contribution is 2.35. The minimum absolute atomic E-state index is 0.115. The number of Topliss-reactive ketones (excluding diaryl/α,β-unsaturated/α-hetero) is 1. The van der Waals surface area contributed by atoms with Crippen molar-refractivity contribution in [2.24, 2.45) is 0 Å². The van der Waals surface area contributed by atoms with Gasteiger partial charge in [-0.2, -0.15) is 0 Å². The molecule has 2 heterocycles. The lowest BCUT2D eigenvalue weighted by atomic mass is 10.1. The van der Waals surface area contributed by atoms with Gasteiger partial charge in [0.05, 0.1) is 5.69 Å². The molecule has 2 aromatic rings. The van der Waals surface area contributed by atoms with Crippen molar-refractivity contribution in [2.75, 3.05) is 31.2 Å². The van der Waals surface area contributed by atoms with Crippen molar-refractivity contribution in [3.8, 4) is 11.5 Å². The van der Waals surface area contributed by atoms with E-state index in [4.69, 9.17) is 9.47 Å². The van der Waals surface area contributed by atoms with E-state index in [2.05, 4.69) is 0 Å². The van der Waals surface area contributed by atoms with Crippen LogP contribution in [0.25, 0.3) is 0 Å². The standard InChI is InChI=1S/C24H25FN2O5/c1-15-11-18(25)6-8-21(15)31-13-20(28)17-5-7-22-19(12-17)27(23(29)14-32-22)16(2)24(30)26-9-3-4-10-26/h5-8,11-12,16H,3-4,9-10,13-14H2,1-2H3. The number of hydrogen-bond acceptors (Lipinski definition) is 5. The molecule has 2 amide bonds. The molecule has 0 radical (unpaired) electrons. The smallest absolute Gasteiger partial charge is 0.265 e. The van der Waals surface area contributed by atoms with E-state index in [9.17, 15) is 18.8 Å². The monoisotopic (exact) mass is 440 g/mol. The Morgan fingerprint density at radius 1 is 1.16 bits per heavy atom.